The van der Waals surface area contributed by atoms with Gasteiger partial charge in [0.1, 0.15) is 5.69 Å². The lowest BCUT2D eigenvalue weighted by Gasteiger charge is -1.93. The molecule has 1 N–H and O–H groups in total. The summed E-state index contributed by atoms with van der Waals surface area (Å²) in [5.41, 5.74) is 1.54. The van der Waals surface area contributed by atoms with Gasteiger partial charge in [0.15, 0.2) is 0 Å². The zero-order chi connectivity index (χ0) is 9.52. The van der Waals surface area contributed by atoms with E-state index in [-0.39, 0.29) is 6.61 Å². The number of pyridine rings is 1. The fourth-order valence-electron chi connectivity index (χ4n) is 0.801. The minimum Gasteiger partial charge on any atom is -0.392 e. The molecule has 68 valence electrons. The third kappa shape index (κ3) is 3.49. The number of hydrogen-bond donors (Lipinski definition) is 2. The Labute approximate surface area is 83.4 Å². The molecule has 0 aliphatic rings. The zero-order valence-electron chi connectivity index (χ0n) is 7.20. The first-order valence-corrected chi connectivity index (χ1v) is 4.65. The van der Waals surface area contributed by atoms with Crippen LogP contribution in [-0.2, 0) is 6.61 Å². The monoisotopic (exact) mass is 193 g/mol. The lowest BCUT2D eigenvalue weighted by atomic mass is 10.2. The molecule has 0 atom stereocenters. The van der Waals surface area contributed by atoms with Gasteiger partial charge in [-0.2, -0.15) is 12.6 Å². The van der Waals surface area contributed by atoms with E-state index in [4.69, 9.17) is 5.11 Å². The van der Waals surface area contributed by atoms with Gasteiger partial charge in [-0.15, -0.1) is 0 Å². The van der Waals surface area contributed by atoms with Crippen LogP contribution in [0.4, 0.5) is 0 Å². The van der Waals surface area contributed by atoms with E-state index in [1.807, 2.05) is 6.07 Å². The molecule has 0 bridgehead atoms. The van der Waals surface area contributed by atoms with E-state index in [1.54, 1.807) is 12.3 Å². The Morgan fingerprint density at radius 2 is 2.31 bits per heavy atom. The predicted molar refractivity (Wildman–Crippen MR) is 55.5 cm³/mol. The van der Waals surface area contributed by atoms with Crippen LogP contribution in [0.5, 0.6) is 0 Å². The van der Waals surface area contributed by atoms with Crippen molar-refractivity contribution in [2.24, 2.45) is 0 Å². The number of aliphatic hydroxyl groups is 1. The molecule has 0 saturated carbocycles. The molecule has 1 rings (SSSR count). The molecule has 0 aliphatic heterocycles. The van der Waals surface area contributed by atoms with E-state index in [9.17, 15) is 0 Å². The fourth-order valence-corrected chi connectivity index (χ4v) is 0.913. The standard InChI is InChI=1S/C10H11NOS/c12-8-9-4-5-10(11-7-9)3-1-2-6-13/h4-5,7,12-13H,2,6,8H2. The molecular formula is C10H11NOS. The molecule has 2 nitrogen and oxygen atoms in total. The highest BCUT2D eigenvalue weighted by Gasteiger charge is 1.90. The Kier molecular flexibility index (Phi) is 4.37. The third-order valence-corrected chi connectivity index (χ3v) is 1.68. The summed E-state index contributed by atoms with van der Waals surface area (Å²) in [6.07, 6.45) is 2.40. The van der Waals surface area contributed by atoms with Crippen molar-refractivity contribution in [2.45, 2.75) is 13.0 Å². The van der Waals surface area contributed by atoms with E-state index in [2.05, 4.69) is 29.5 Å². The summed E-state index contributed by atoms with van der Waals surface area (Å²) >= 11 is 4.04. The molecule has 0 amide bonds. The number of thiol groups is 1. The van der Waals surface area contributed by atoms with Crippen molar-refractivity contribution < 1.29 is 5.11 Å². The lowest BCUT2D eigenvalue weighted by molar-refractivity contribution is 0.281. The maximum absolute atomic E-state index is 8.76. The first kappa shape index (κ1) is 10.1. The highest BCUT2D eigenvalue weighted by Crippen LogP contribution is 1.98. The van der Waals surface area contributed by atoms with Gasteiger partial charge in [-0.1, -0.05) is 12.0 Å². The van der Waals surface area contributed by atoms with Crippen LogP contribution >= 0.6 is 12.6 Å². The Balaban J connectivity index is 2.65. The normalized spacial score (nSPS) is 9.08. The van der Waals surface area contributed by atoms with Crippen molar-refractivity contribution in [1.82, 2.24) is 4.98 Å². The van der Waals surface area contributed by atoms with Crippen molar-refractivity contribution >= 4 is 12.6 Å². The second-order valence-corrected chi connectivity index (χ2v) is 2.93. The first-order chi connectivity index (χ1) is 6.36. The van der Waals surface area contributed by atoms with Crippen LogP contribution < -0.4 is 0 Å². The SMILES string of the molecule is OCc1ccc(C#CCCS)nc1. The molecule has 13 heavy (non-hydrogen) atoms. The lowest BCUT2D eigenvalue weighted by Crippen LogP contribution is -1.87. The summed E-state index contributed by atoms with van der Waals surface area (Å²) in [7, 11) is 0. The van der Waals surface area contributed by atoms with Crippen LogP contribution in [0.15, 0.2) is 18.3 Å². The van der Waals surface area contributed by atoms with Gasteiger partial charge in [0, 0.05) is 18.4 Å². The van der Waals surface area contributed by atoms with Gasteiger partial charge in [0.25, 0.3) is 0 Å². The van der Waals surface area contributed by atoms with Crippen molar-refractivity contribution in [3.05, 3.63) is 29.6 Å². The third-order valence-electron chi connectivity index (χ3n) is 1.46. The molecule has 0 aromatic carbocycles. The van der Waals surface area contributed by atoms with Gasteiger partial charge in [0.2, 0.25) is 0 Å². The predicted octanol–water partition coefficient (Wildman–Crippen LogP) is 1.25. The van der Waals surface area contributed by atoms with E-state index in [0.717, 1.165) is 23.4 Å². The summed E-state index contributed by atoms with van der Waals surface area (Å²) in [5.74, 6) is 6.61. The number of hydrogen-bond acceptors (Lipinski definition) is 3. The molecule has 0 spiro atoms. The van der Waals surface area contributed by atoms with Crippen molar-refractivity contribution in [3.8, 4) is 11.8 Å². The van der Waals surface area contributed by atoms with Crippen molar-refractivity contribution in [2.75, 3.05) is 5.75 Å². The Morgan fingerprint density at radius 1 is 1.46 bits per heavy atom. The molecule has 3 heteroatoms. The zero-order valence-corrected chi connectivity index (χ0v) is 8.09. The van der Waals surface area contributed by atoms with Gasteiger partial charge in [-0.05, 0) is 17.6 Å². The van der Waals surface area contributed by atoms with Gasteiger partial charge >= 0.3 is 0 Å². The molecule has 1 heterocycles. The summed E-state index contributed by atoms with van der Waals surface area (Å²) in [6.45, 7) is 0.0251. The molecule has 1 aromatic rings. The summed E-state index contributed by atoms with van der Waals surface area (Å²) in [4.78, 5) is 4.06. The Bertz CT molecular complexity index is 310. The van der Waals surface area contributed by atoms with Crippen LogP contribution in [0.1, 0.15) is 17.7 Å². The molecule has 1 aromatic heterocycles. The Hall–Kier alpha value is -0.980. The van der Waals surface area contributed by atoms with Crippen LogP contribution in [0.3, 0.4) is 0 Å². The number of aliphatic hydroxyl groups excluding tert-OH is 1. The average molecular weight is 193 g/mol. The highest BCUT2D eigenvalue weighted by molar-refractivity contribution is 7.80. The van der Waals surface area contributed by atoms with E-state index >= 15 is 0 Å². The summed E-state index contributed by atoms with van der Waals surface area (Å²) < 4.78 is 0. The van der Waals surface area contributed by atoms with Gasteiger partial charge in [0.05, 0.1) is 6.61 Å². The van der Waals surface area contributed by atoms with Gasteiger partial charge in [-0.3, -0.25) is 0 Å². The quantitative estimate of drug-likeness (QED) is 0.547. The second-order valence-electron chi connectivity index (χ2n) is 2.49. The van der Waals surface area contributed by atoms with Gasteiger partial charge < -0.3 is 5.11 Å². The molecule has 0 saturated heterocycles. The van der Waals surface area contributed by atoms with Crippen LogP contribution in [-0.4, -0.2) is 15.8 Å². The largest absolute Gasteiger partial charge is 0.392 e. The molecule has 0 unspecified atom stereocenters. The Morgan fingerprint density at radius 3 is 2.85 bits per heavy atom. The number of nitrogens with zero attached hydrogens (tertiary/aromatic N) is 1. The van der Waals surface area contributed by atoms with E-state index in [0.29, 0.717) is 0 Å². The first-order valence-electron chi connectivity index (χ1n) is 4.02. The highest BCUT2D eigenvalue weighted by atomic mass is 32.1. The molecule has 0 aliphatic carbocycles. The second kappa shape index (κ2) is 5.63. The van der Waals surface area contributed by atoms with E-state index in [1.165, 1.54) is 0 Å². The number of rotatable bonds is 2. The smallest absolute Gasteiger partial charge is 0.113 e. The summed E-state index contributed by atoms with van der Waals surface area (Å²) in [6, 6.07) is 3.62. The van der Waals surface area contributed by atoms with E-state index < -0.39 is 0 Å². The fraction of sp³-hybridized carbons (Fsp3) is 0.300. The van der Waals surface area contributed by atoms with Crippen molar-refractivity contribution in [1.29, 1.82) is 0 Å². The number of aromatic nitrogens is 1. The minimum atomic E-state index is 0.0251. The topological polar surface area (TPSA) is 33.1 Å². The summed E-state index contributed by atoms with van der Waals surface area (Å²) in [5, 5.41) is 8.76. The molecular weight excluding hydrogens is 182 g/mol. The van der Waals surface area contributed by atoms with Crippen LogP contribution in [0.2, 0.25) is 0 Å². The minimum absolute atomic E-state index is 0.0251. The maximum atomic E-state index is 8.76. The molecule has 0 radical (unpaired) electrons. The average Bonchev–Trinajstić information content (AvgIpc) is 2.19. The van der Waals surface area contributed by atoms with Crippen LogP contribution in [0, 0.1) is 11.8 Å². The molecule has 0 fully saturated rings. The van der Waals surface area contributed by atoms with Gasteiger partial charge in [-0.25, -0.2) is 4.98 Å². The van der Waals surface area contributed by atoms with Crippen molar-refractivity contribution in [3.63, 3.8) is 0 Å². The maximum Gasteiger partial charge on any atom is 0.113 e. The van der Waals surface area contributed by atoms with Crippen LogP contribution in [0.25, 0.3) is 0 Å².